The molecule has 0 atom stereocenters. The van der Waals surface area contributed by atoms with Gasteiger partial charge in [0.25, 0.3) is 0 Å². The topological polar surface area (TPSA) is 15.3 Å². The molecule has 0 unspecified atom stereocenters. The fourth-order valence-corrected chi connectivity index (χ4v) is 2.12. The quantitative estimate of drug-likeness (QED) is 0.744. The molecule has 1 N–H and O–H groups in total. The molecule has 1 aromatic carbocycles. The average molecular weight is 234 g/mol. The van der Waals surface area contributed by atoms with E-state index in [1.807, 2.05) is 7.05 Å². The Bertz CT molecular complexity index is 310. The number of rotatable bonds is 8. The molecule has 2 heteroatoms. The standard InChI is InChI=1S/C15H26N2/c1-4-12-17(5-2)13-15-9-7-6-8-14(15)10-11-16-3/h6-9,16H,4-5,10-13H2,1-3H3. The third kappa shape index (κ3) is 4.88. The number of benzene rings is 1. The summed E-state index contributed by atoms with van der Waals surface area (Å²) in [5.74, 6) is 0. The van der Waals surface area contributed by atoms with Crippen molar-refractivity contribution in [2.24, 2.45) is 0 Å². The van der Waals surface area contributed by atoms with E-state index in [-0.39, 0.29) is 0 Å². The molecule has 0 amide bonds. The molecule has 0 bridgehead atoms. The summed E-state index contributed by atoms with van der Waals surface area (Å²) >= 11 is 0. The highest BCUT2D eigenvalue weighted by Gasteiger charge is 2.06. The summed E-state index contributed by atoms with van der Waals surface area (Å²) in [6, 6.07) is 8.82. The minimum atomic E-state index is 1.05. The molecule has 0 aliphatic heterocycles. The van der Waals surface area contributed by atoms with E-state index in [2.05, 4.69) is 48.3 Å². The lowest BCUT2D eigenvalue weighted by Gasteiger charge is -2.21. The zero-order valence-electron chi connectivity index (χ0n) is 11.5. The summed E-state index contributed by atoms with van der Waals surface area (Å²) in [7, 11) is 2.01. The lowest BCUT2D eigenvalue weighted by atomic mass is 10.0. The molecule has 0 aliphatic rings. The van der Waals surface area contributed by atoms with E-state index >= 15 is 0 Å². The first kappa shape index (κ1) is 14.2. The van der Waals surface area contributed by atoms with Gasteiger partial charge in [-0.25, -0.2) is 0 Å². The van der Waals surface area contributed by atoms with Crippen molar-refractivity contribution in [3.05, 3.63) is 35.4 Å². The maximum absolute atomic E-state index is 3.22. The molecule has 0 fully saturated rings. The molecule has 0 saturated heterocycles. The van der Waals surface area contributed by atoms with Crippen LogP contribution in [0.1, 0.15) is 31.4 Å². The van der Waals surface area contributed by atoms with Crippen LogP contribution in [0.25, 0.3) is 0 Å². The minimum absolute atomic E-state index is 1.05. The number of nitrogens with zero attached hydrogens (tertiary/aromatic N) is 1. The van der Waals surface area contributed by atoms with Crippen molar-refractivity contribution in [1.29, 1.82) is 0 Å². The first-order valence-electron chi connectivity index (χ1n) is 6.75. The van der Waals surface area contributed by atoms with E-state index in [0.717, 1.165) is 26.1 Å². The molecule has 0 aliphatic carbocycles. The van der Waals surface area contributed by atoms with Gasteiger partial charge in [-0.3, -0.25) is 4.90 Å². The Hall–Kier alpha value is -0.860. The van der Waals surface area contributed by atoms with Crippen molar-refractivity contribution in [2.45, 2.75) is 33.2 Å². The highest BCUT2D eigenvalue weighted by molar-refractivity contribution is 5.27. The summed E-state index contributed by atoms with van der Waals surface area (Å²) < 4.78 is 0. The molecule has 0 spiro atoms. The highest BCUT2D eigenvalue weighted by Crippen LogP contribution is 2.12. The van der Waals surface area contributed by atoms with Crippen molar-refractivity contribution < 1.29 is 0 Å². The number of nitrogens with one attached hydrogen (secondary N) is 1. The van der Waals surface area contributed by atoms with E-state index in [0.29, 0.717) is 0 Å². The van der Waals surface area contributed by atoms with Gasteiger partial charge in [0.15, 0.2) is 0 Å². The van der Waals surface area contributed by atoms with Crippen LogP contribution in [0.15, 0.2) is 24.3 Å². The maximum atomic E-state index is 3.22. The monoisotopic (exact) mass is 234 g/mol. The van der Waals surface area contributed by atoms with Crippen molar-refractivity contribution in [1.82, 2.24) is 10.2 Å². The molecule has 0 aromatic heterocycles. The lowest BCUT2D eigenvalue weighted by molar-refractivity contribution is 0.280. The first-order valence-corrected chi connectivity index (χ1v) is 6.75. The fourth-order valence-electron chi connectivity index (χ4n) is 2.12. The molecule has 2 nitrogen and oxygen atoms in total. The normalized spacial score (nSPS) is 11.1. The zero-order chi connectivity index (χ0) is 12.5. The van der Waals surface area contributed by atoms with Gasteiger partial charge < -0.3 is 5.32 Å². The van der Waals surface area contributed by atoms with Crippen LogP contribution >= 0.6 is 0 Å². The van der Waals surface area contributed by atoms with Gasteiger partial charge in [0.2, 0.25) is 0 Å². The Morgan fingerprint density at radius 1 is 1.12 bits per heavy atom. The summed E-state index contributed by atoms with van der Waals surface area (Å²) in [4.78, 5) is 2.51. The van der Waals surface area contributed by atoms with Crippen LogP contribution in [-0.2, 0) is 13.0 Å². The summed E-state index contributed by atoms with van der Waals surface area (Å²) in [5, 5.41) is 3.22. The lowest BCUT2D eigenvalue weighted by Crippen LogP contribution is -2.24. The number of hydrogen-bond acceptors (Lipinski definition) is 2. The highest BCUT2D eigenvalue weighted by atomic mass is 15.1. The van der Waals surface area contributed by atoms with Gasteiger partial charge in [0, 0.05) is 6.54 Å². The van der Waals surface area contributed by atoms with Crippen molar-refractivity contribution >= 4 is 0 Å². The second kappa shape index (κ2) is 8.26. The Morgan fingerprint density at radius 3 is 2.41 bits per heavy atom. The van der Waals surface area contributed by atoms with Gasteiger partial charge in [0.05, 0.1) is 0 Å². The molecule has 1 rings (SSSR count). The van der Waals surface area contributed by atoms with Crippen molar-refractivity contribution in [2.75, 3.05) is 26.7 Å². The largest absolute Gasteiger partial charge is 0.319 e. The van der Waals surface area contributed by atoms with Crippen LogP contribution in [0.3, 0.4) is 0 Å². The third-order valence-electron chi connectivity index (χ3n) is 3.14. The predicted octanol–water partition coefficient (Wildman–Crippen LogP) is 2.68. The molecular formula is C15H26N2. The minimum Gasteiger partial charge on any atom is -0.319 e. The summed E-state index contributed by atoms with van der Waals surface area (Å²) in [5.41, 5.74) is 2.97. The van der Waals surface area contributed by atoms with Crippen LogP contribution in [0.4, 0.5) is 0 Å². The summed E-state index contributed by atoms with van der Waals surface area (Å²) in [6.45, 7) is 8.95. The smallest absolute Gasteiger partial charge is 0.0236 e. The second-order valence-electron chi connectivity index (χ2n) is 4.49. The Labute approximate surface area is 106 Å². The van der Waals surface area contributed by atoms with Gasteiger partial charge in [-0.1, -0.05) is 38.1 Å². The van der Waals surface area contributed by atoms with Crippen molar-refractivity contribution in [3.8, 4) is 0 Å². The molecule has 17 heavy (non-hydrogen) atoms. The predicted molar refractivity (Wildman–Crippen MR) is 75.3 cm³/mol. The van der Waals surface area contributed by atoms with Gasteiger partial charge in [-0.15, -0.1) is 0 Å². The van der Waals surface area contributed by atoms with Gasteiger partial charge in [-0.05, 0) is 50.7 Å². The van der Waals surface area contributed by atoms with Crippen LogP contribution < -0.4 is 5.32 Å². The van der Waals surface area contributed by atoms with Gasteiger partial charge in [0.1, 0.15) is 0 Å². The van der Waals surface area contributed by atoms with Gasteiger partial charge in [-0.2, -0.15) is 0 Å². The molecule has 0 heterocycles. The molecule has 96 valence electrons. The summed E-state index contributed by atoms with van der Waals surface area (Å²) in [6.07, 6.45) is 2.35. The second-order valence-corrected chi connectivity index (χ2v) is 4.49. The van der Waals surface area contributed by atoms with Crippen LogP contribution in [-0.4, -0.2) is 31.6 Å². The third-order valence-corrected chi connectivity index (χ3v) is 3.14. The van der Waals surface area contributed by atoms with E-state index in [4.69, 9.17) is 0 Å². The number of likely N-dealkylation sites (N-methyl/N-ethyl adjacent to an activating group) is 1. The van der Waals surface area contributed by atoms with E-state index in [1.54, 1.807) is 0 Å². The zero-order valence-corrected chi connectivity index (χ0v) is 11.5. The van der Waals surface area contributed by atoms with Crippen molar-refractivity contribution in [3.63, 3.8) is 0 Å². The first-order chi connectivity index (χ1) is 8.31. The van der Waals surface area contributed by atoms with Crippen LogP contribution in [0, 0.1) is 0 Å². The average Bonchev–Trinajstić information content (AvgIpc) is 2.37. The Morgan fingerprint density at radius 2 is 1.82 bits per heavy atom. The van der Waals surface area contributed by atoms with Crippen LogP contribution in [0.2, 0.25) is 0 Å². The molecule has 1 aromatic rings. The number of hydrogen-bond donors (Lipinski definition) is 1. The molecular weight excluding hydrogens is 208 g/mol. The Kier molecular flexibility index (Phi) is 6.90. The van der Waals surface area contributed by atoms with Gasteiger partial charge >= 0.3 is 0 Å². The van der Waals surface area contributed by atoms with E-state index in [1.165, 1.54) is 24.1 Å². The van der Waals surface area contributed by atoms with E-state index in [9.17, 15) is 0 Å². The fraction of sp³-hybridized carbons (Fsp3) is 0.600. The Balaban J connectivity index is 2.67. The van der Waals surface area contributed by atoms with Crippen LogP contribution in [0.5, 0.6) is 0 Å². The molecule has 0 radical (unpaired) electrons. The molecule has 0 saturated carbocycles. The maximum Gasteiger partial charge on any atom is 0.0236 e. The van der Waals surface area contributed by atoms with E-state index < -0.39 is 0 Å². The SMILES string of the molecule is CCCN(CC)Cc1ccccc1CCNC.